The van der Waals surface area contributed by atoms with Crippen molar-refractivity contribution in [1.82, 2.24) is 10.2 Å². The molecule has 0 aliphatic carbocycles. The van der Waals surface area contributed by atoms with Crippen molar-refractivity contribution in [3.8, 4) is 0 Å². The number of nitrogens with zero attached hydrogens (tertiary/aromatic N) is 1. The quantitative estimate of drug-likeness (QED) is 0.896. The summed E-state index contributed by atoms with van der Waals surface area (Å²) in [5.41, 5.74) is 0.499. The van der Waals surface area contributed by atoms with E-state index in [9.17, 15) is 9.18 Å². The number of carbonyl (C=O) groups excluding carboxylic acids is 1. The third kappa shape index (κ3) is 4.43. The Labute approximate surface area is 125 Å². The summed E-state index contributed by atoms with van der Waals surface area (Å²) in [5, 5.41) is 6.29. The van der Waals surface area contributed by atoms with Crippen LogP contribution in [0, 0.1) is 11.7 Å². The van der Waals surface area contributed by atoms with Gasteiger partial charge < -0.3 is 15.5 Å². The topological polar surface area (TPSA) is 44.4 Å². The Hall–Kier alpha value is -1.62. The van der Waals surface area contributed by atoms with Crippen LogP contribution >= 0.6 is 0 Å². The summed E-state index contributed by atoms with van der Waals surface area (Å²) in [5.74, 6) is 0.0761. The lowest BCUT2D eigenvalue weighted by atomic mass is 9.94. The van der Waals surface area contributed by atoms with Crippen molar-refractivity contribution in [1.29, 1.82) is 0 Å². The highest BCUT2D eigenvalue weighted by Crippen LogP contribution is 2.18. The zero-order valence-corrected chi connectivity index (χ0v) is 12.7. The van der Waals surface area contributed by atoms with Gasteiger partial charge in [0.25, 0.3) is 0 Å². The van der Waals surface area contributed by atoms with E-state index in [2.05, 4.69) is 24.5 Å². The van der Waals surface area contributed by atoms with Crippen LogP contribution in [0.3, 0.4) is 0 Å². The number of likely N-dealkylation sites (tertiary alicyclic amines) is 1. The van der Waals surface area contributed by atoms with Gasteiger partial charge in [0.15, 0.2) is 0 Å². The molecule has 1 fully saturated rings. The van der Waals surface area contributed by atoms with Crippen molar-refractivity contribution in [2.24, 2.45) is 5.92 Å². The van der Waals surface area contributed by atoms with Crippen molar-refractivity contribution >= 4 is 11.7 Å². The van der Waals surface area contributed by atoms with E-state index in [1.165, 1.54) is 12.1 Å². The minimum atomic E-state index is -0.344. The van der Waals surface area contributed by atoms with Gasteiger partial charge >= 0.3 is 6.03 Å². The SMILES string of the molecule is CCCNC1CCN(C(=O)Nc2cccc(F)c2)CC1C. The van der Waals surface area contributed by atoms with Crippen molar-refractivity contribution in [3.05, 3.63) is 30.1 Å². The molecular formula is C16H24FN3O. The van der Waals surface area contributed by atoms with Crippen molar-refractivity contribution in [2.75, 3.05) is 25.0 Å². The van der Waals surface area contributed by atoms with Gasteiger partial charge in [-0.15, -0.1) is 0 Å². The number of anilines is 1. The minimum Gasteiger partial charge on any atom is -0.324 e. The van der Waals surface area contributed by atoms with E-state index in [1.807, 2.05) is 0 Å². The molecule has 4 nitrogen and oxygen atoms in total. The molecule has 2 rings (SSSR count). The molecule has 1 aromatic rings. The average molecular weight is 293 g/mol. The number of hydrogen-bond donors (Lipinski definition) is 2. The highest BCUT2D eigenvalue weighted by molar-refractivity contribution is 5.89. The molecule has 1 aromatic carbocycles. The van der Waals surface area contributed by atoms with E-state index in [-0.39, 0.29) is 11.8 Å². The zero-order chi connectivity index (χ0) is 15.2. The first-order chi connectivity index (χ1) is 10.1. The van der Waals surface area contributed by atoms with Crippen LogP contribution in [0.25, 0.3) is 0 Å². The molecule has 2 N–H and O–H groups in total. The van der Waals surface area contributed by atoms with Gasteiger partial charge in [-0.3, -0.25) is 0 Å². The second-order valence-electron chi connectivity index (χ2n) is 5.71. The largest absolute Gasteiger partial charge is 0.324 e. The number of amides is 2. The molecule has 1 aliphatic heterocycles. The van der Waals surface area contributed by atoms with Gasteiger partial charge in [-0.05, 0) is 43.5 Å². The third-order valence-corrected chi connectivity index (χ3v) is 3.92. The summed E-state index contributed by atoms with van der Waals surface area (Å²) in [6, 6.07) is 6.30. The molecule has 1 heterocycles. The van der Waals surface area contributed by atoms with Crippen molar-refractivity contribution < 1.29 is 9.18 Å². The maximum Gasteiger partial charge on any atom is 0.321 e. The summed E-state index contributed by atoms with van der Waals surface area (Å²) in [6.07, 6.45) is 2.07. The van der Waals surface area contributed by atoms with E-state index in [0.717, 1.165) is 32.5 Å². The Kier molecular flexibility index (Phi) is 5.56. The smallest absolute Gasteiger partial charge is 0.321 e. The molecule has 2 unspecified atom stereocenters. The van der Waals surface area contributed by atoms with Gasteiger partial charge in [-0.1, -0.05) is 19.9 Å². The molecule has 1 saturated heterocycles. The Bertz CT molecular complexity index is 480. The van der Waals surface area contributed by atoms with E-state index in [1.54, 1.807) is 17.0 Å². The van der Waals surface area contributed by atoms with E-state index in [0.29, 0.717) is 17.6 Å². The lowest BCUT2D eigenvalue weighted by Crippen LogP contribution is -2.51. The molecular weight excluding hydrogens is 269 g/mol. The fourth-order valence-electron chi connectivity index (χ4n) is 2.73. The van der Waals surface area contributed by atoms with Gasteiger partial charge in [-0.2, -0.15) is 0 Å². The average Bonchev–Trinajstić information content (AvgIpc) is 2.46. The van der Waals surface area contributed by atoms with Crippen LogP contribution in [-0.4, -0.2) is 36.6 Å². The number of rotatable bonds is 4. The molecule has 21 heavy (non-hydrogen) atoms. The number of urea groups is 1. The summed E-state index contributed by atoms with van der Waals surface area (Å²) in [6.45, 7) is 6.79. The van der Waals surface area contributed by atoms with Crippen LogP contribution in [-0.2, 0) is 0 Å². The second kappa shape index (κ2) is 7.41. The Balaban J connectivity index is 1.87. The van der Waals surface area contributed by atoms with E-state index >= 15 is 0 Å². The predicted octanol–water partition coefficient (Wildman–Crippen LogP) is 3.07. The molecule has 1 aliphatic rings. The maximum atomic E-state index is 13.1. The fraction of sp³-hybridized carbons (Fsp3) is 0.562. The van der Waals surface area contributed by atoms with Crippen LogP contribution in [0.15, 0.2) is 24.3 Å². The first-order valence-electron chi connectivity index (χ1n) is 7.65. The molecule has 5 heteroatoms. The number of hydrogen-bond acceptors (Lipinski definition) is 2. The summed E-state index contributed by atoms with van der Waals surface area (Å²) in [7, 11) is 0. The van der Waals surface area contributed by atoms with Gasteiger partial charge in [0.05, 0.1) is 0 Å². The number of benzene rings is 1. The van der Waals surface area contributed by atoms with Crippen molar-refractivity contribution in [3.63, 3.8) is 0 Å². The lowest BCUT2D eigenvalue weighted by Gasteiger charge is -2.37. The monoisotopic (exact) mass is 293 g/mol. The molecule has 0 bridgehead atoms. The molecule has 0 radical (unpaired) electrons. The zero-order valence-electron chi connectivity index (χ0n) is 12.7. The lowest BCUT2D eigenvalue weighted by molar-refractivity contribution is 0.160. The van der Waals surface area contributed by atoms with Crippen molar-refractivity contribution in [2.45, 2.75) is 32.7 Å². The van der Waals surface area contributed by atoms with Crippen LogP contribution < -0.4 is 10.6 Å². The molecule has 2 atom stereocenters. The Morgan fingerprint density at radius 3 is 2.95 bits per heavy atom. The standard InChI is InChI=1S/C16H24FN3O/c1-3-8-18-15-7-9-20(11-12(15)2)16(21)19-14-6-4-5-13(17)10-14/h4-6,10,12,15,18H,3,7-9,11H2,1-2H3,(H,19,21). The molecule has 0 aromatic heterocycles. The van der Waals surface area contributed by atoms with Crippen LogP contribution in [0.4, 0.5) is 14.9 Å². The third-order valence-electron chi connectivity index (χ3n) is 3.92. The molecule has 116 valence electrons. The number of carbonyl (C=O) groups is 1. The predicted molar refractivity (Wildman–Crippen MR) is 82.9 cm³/mol. The Morgan fingerprint density at radius 2 is 2.29 bits per heavy atom. The maximum absolute atomic E-state index is 13.1. The summed E-state index contributed by atoms with van der Waals surface area (Å²) in [4.78, 5) is 14.0. The Morgan fingerprint density at radius 1 is 1.48 bits per heavy atom. The molecule has 2 amide bonds. The highest BCUT2D eigenvalue weighted by atomic mass is 19.1. The second-order valence-corrected chi connectivity index (χ2v) is 5.71. The van der Waals surface area contributed by atoms with Gasteiger partial charge in [0.2, 0.25) is 0 Å². The van der Waals surface area contributed by atoms with E-state index in [4.69, 9.17) is 0 Å². The fourth-order valence-corrected chi connectivity index (χ4v) is 2.73. The molecule has 0 saturated carbocycles. The molecule has 0 spiro atoms. The first-order valence-corrected chi connectivity index (χ1v) is 7.65. The number of piperidine rings is 1. The normalized spacial score (nSPS) is 22.1. The van der Waals surface area contributed by atoms with Crippen LogP contribution in [0.2, 0.25) is 0 Å². The van der Waals surface area contributed by atoms with Crippen LogP contribution in [0.5, 0.6) is 0 Å². The summed E-state index contributed by atoms with van der Waals surface area (Å²) >= 11 is 0. The van der Waals surface area contributed by atoms with Gasteiger partial charge in [-0.25, -0.2) is 9.18 Å². The number of nitrogens with one attached hydrogen (secondary N) is 2. The summed E-state index contributed by atoms with van der Waals surface area (Å²) < 4.78 is 13.1. The van der Waals surface area contributed by atoms with Crippen LogP contribution in [0.1, 0.15) is 26.7 Å². The highest BCUT2D eigenvalue weighted by Gasteiger charge is 2.28. The first kappa shape index (κ1) is 15.8. The van der Waals surface area contributed by atoms with Gasteiger partial charge in [0, 0.05) is 24.8 Å². The van der Waals surface area contributed by atoms with E-state index < -0.39 is 0 Å². The number of halogens is 1. The minimum absolute atomic E-state index is 0.151. The van der Waals surface area contributed by atoms with Gasteiger partial charge in [0.1, 0.15) is 5.82 Å².